The van der Waals surface area contributed by atoms with Gasteiger partial charge in [0, 0.05) is 18.8 Å². The van der Waals surface area contributed by atoms with Crippen LogP contribution in [0.1, 0.15) is 5.56 Å². The number of nitrogens with one attached hydrogen (secondary N) is 2. The van der Waals surface area contributed by atoms with Gasteiger partial charge in [-0.25, -0.2) is 13.4 Å². The standard InChI is InChI=1S/C14H17N3O3S/c1-20-14-8-7-11(10-16-14)9-15-12-5-3-4-6-13(12)17-21(2,18)19/h3-8,10,15,17H,9H2,1-2H3. The summed E-state index contributed by atoms with van der Waals surface area (Å²) >= 11 is 0. The molecule has 0 atom stereocenters. The number of benzene rings is 1. The van der Waals surface area contributed by atoms with Crippen LogP contribution in [0.5, 0.6) is 5.88 Å². The largest absolute Gasteiger partial charge is 0.481 e. The molecule has 7 heteroatoms. The molecule has 0 radical (unpaired) electrons. The van der Waals surface area contributed by atoms with Gasteiger partial charge in [-0.3, -0.25) is 4.72 Å². The average Bonchev–Trinajstić information content (AvgIpc) is 2.45. The molecule has 0 aliphatic heterocycles. The van der Waals surface area contributed by atoms with Crippen LogP contribution in [-0.4, -0.2) is 26.8 Å². The highest BCUT2D eigenvalue weighted by molar-refractivity contribution is 7.92. The van der Waals surface area contributed by atoms with Crippen molar-refractivity contribution in [2.45, 2.75) is 6.54 Å². The molecule has 0 aliphatic rings. The molecule has 0 bridgehead atoms. The van der Waals surface area contributed by atoms with E-state index in [1.165, 1.54) is 0 Å². The molecule has 0 amide bonds. The Morgan fingerprint density at radius 1 is 1.14 bits per heavy atom. The van der Waals surface area contributed by atoms with Gasteiger partial charge in [-0.15, -0.1) is 0 Å². The number of aromatic nitrogens is 1. The van der Waals surface area contributed by atoms with Crippen LogP contribution in [0, 0.1) is 0 Å². The molecule has 2 rings (SSSR count). The Hall–Kier alpha value is -2.28. The summed E-state index contributed by atoms with van der Waals surface area (Å²) in [6, 6.07) is 10.8. The quantitative estimate of drug-likeness (QED) is 0.854. The monoisotopic (exact) mass is 307 g/mol. The summed E-state index contributed by atoms with van der Waals surface area (Å²) < 4.78 is 30.1. The van der Waals surface area contributed by atoms with Gasteiger partial charge in [0.15, 0.2) is 0 Å². The summed E-state index contributed by atoms with van der Waals surface area (Å²) in [5, 5.41) is 3.18. The van der Waals surface area contributed by atoms with E-state index in [0.29, 0.717) is 23.8 Å². The lowest BCUT2D eigenvalue weighted by Crippen LogP contribution is -2.12. The first-order chi connectivity index (χ1) is 9.98. The zero-order chi connectivity index (χ0) is 15.3. The minimum Gasteiger partial charge on any atom is -0.481 e. The first kappa shape index (κ1) is 15.1. The summed E-state index contributed by atoms with van der Waals surface area (Å²) in [6.07, 6.45) is 2.83. The van der Waals surface area contributed by atoms with E-state index in [0.717, 1.165) is 11.8 Å². The van der Waals surface area contributed by atoms with Gasteiger partial charge in [0.1, 0.15) is 0 Å². The van der Waals surface area contributed by atoms with Crippen LogP contribution in [0.2, 0.25) is 0 Å². The Morgan fingerprint density at radius 3 is 2.43 bits per heavy atom. The smallest absolute Gasteiger partial charge is 0.229 e. The van der Waals surface area contributed by atoms with Crippen molar-refractivity contribution in [2.75, 3.05) is 23.4 Å². The van der Waals surface area contributed by atoms with Crippen LogP contribution in [0.4, 0.5) is 11.4 Å². The lowest BCUT2D eigenvalue weighted by atomic mass is 10.2. The zero-order valence-electron chi connectivity index (χ0n) is 11.8. The number of hydrogen-bond acceptors (Lipinski definition) is 5. The third-order valence-corrected chi connectivity index (χ3v) is 3.30. The lowest BCUT2D eigenvalue weighted by molar-refractivity contribution is 0.397. The highest BCUT2D eigenvalue weighted by Gasteiger charge is 2.06. The van der Waals surface area contributed by atoms with Gasteiger partial charge in [0.25, 0.3) is 0 Å². The fraction of sp³-hybridized carbons (Fsp3) is 0.214. The topological polar surface area (TPSA) is 80.3 Å². The first-order valence-electron chi connectivity index (χ1n) is 6.27. The maximum absolute atomic E-state index is 11.3. The first-order valence-corrected chi connectivity index (χ1v) is 8.17. The molecular weight excluding hydrogens is 290 g/mol. The Morgan fingerprint density at radius 2 is 1.86 bits per heavy atom. The molecule has 1 aromatic heterocycles. The molecular formula is C14H17N3O3S. The van der Waals surface area contributed by atoms with E-state index in [1.54, 1.807) is 31.5 Å². The number of sulfonamides is 1. The molecule has 1 aromatic carbocycles. The van der Waals surface area contributed by atoms with Gasteiger partial charge < -0.3 is 10.1 Å². The fourth-order valence-corrected chi connectivity index (χ4v) is 2.34. The van der Waals surface area contributed by atoms with Crippen LogP contribution in [0.15, 0.2) is 42.6 Å². The third-order valence-electron chi connectivity index (χ3n) is 2.71. The zero-order valence-corrected chi connectivity index (χ0v) is 12.6. The van der Waals surface area contributed by atoms with Crippen molar-refractivity contribution in [3.05, 3.63) is 48.2 Å². The van der Waals surface area contributed by atoms with Crippen molar-refractivity contribution in [1.29, 1.82) is 0 Å². The van der Waals surface area contributed by atoms with E-state index < -0.39 is 10.0 Å². The lowest BCUT2D eigenvalue weighted by Gasteiger charge is -2.12. The Kier molecular flexibility index (Phi) is 4.64. The molecule has 0 spiro atoms. The van der Waals surface area contributed by atoms with Crippen molar-refractivity contribution in [2.24, 2.45) is 0 Å². The van der Waals surface area contributed by atoms with Gasteiger partial charge in [-0.2, -0.15) is 0 Å². The number of methoxy groups -OCH3 is 1. The number of ether oxygens (including phenoxy) is 1. The molecule has 0 saturated carbocycles. The number of para-hydroxylation sites is 2. The molecule has 0 aliphatic carbocycles. The normalized spacial score (nSPS) is 11.0. The van der Waals surface area contributed by atoms with Gasteiger partial charge in [0.05, 0.1) is 24.7 Å². The maximum Gasteiger partial charge on any atom is 0.229 e. The van der Waals surface area contributed by atoms with Crippen LogP contribution >= 0.6 is 0 Å². The van der Waals surface area contributed by atoms with Crippen molar-refractivity contribution in [3.63, 3.8) is 0 Å². The van der Waals surface area contributed by atoms with Crippen LogP contribution in [-0.2, 0) is 16.6 Å². The summed E-state index contributed by atoms with van der Waals surface area (Å²) in [7, 11) is -1.75. The number of nitrogens with zero attached hydrogens (tertiary/aromatic N) is 1. The second-order valence-electron chi connectivity index (χ2n) is 4.48. The fourth-order valence-electron chi connectivity index (χ4n) is 1.76. The number of rotatable bonds is 6. The molecule has 6 nitrogen and oxygen atoms in total. The minimum atomic E-state index is -3.31. The number of anilines is 2. The number of pyridine rings is 1. The van der Waals surface area contributed by atoms with E-state index in [9.17, 15) is 8.42 Å². The molecule has 2 aromatic rings. The highest BCUT2D eigenvalue weighted by Crippen LogP contribution is 2.22. The second-order valence-corrected chi connectivity index (χ2v) is 6.23. The molecule has 112 valence electrons. The molecule has 0 fully saturated rings. The minimum absolute atomic E-state index is 0.515. The van der Waals surface area contributed by atoms with Crippen LogP contribution in [0.3, 0.4) is 0 Å². The van der Waals surface area contributed by atoms with Crippen LogP contribution in [0.25, 0.3) is 0 Å². The van der Waals surface area contributed by atoms with Gasteiger partial charge >= 0.3 is 0 Å². The summed E-state index contributed by atoms with van der Waals surface area (Å²) in [5.41, 5.74) is 2.19. The Balaban J connectivity index is 2.08. The third kappa shape index (κ3) is 4.64. The summed E-state index contributed by atoms with van der Waals surface area (Å²) in [6.45, 7) is 0.527. The van der Waals surface area contributed by atoms with Gasteiger partial charge in [0.2, 0.25) is 15.9 Å². The highest BCUT2D eigenvalue weighted by atomic mass is 32.2. The Bertz CT molecular complexity index is 700. The summed E-state index contributed by atoms with van der Waals surface area (Å²) in [4.78, 5) is 4.12. The second kappa shape index (κ2) is 6.45. The molecule has 2 N–H and O–H groups in total. The van der Waals surface area contributed by atoms with Gasteiger partial charge in [-0.05, 0) is 17.7 Å². The predicted molar refractivity (Wildman–Crippen MR) is 83.0 cm³/mol. The van der Waals surface area contributed by atoms with Gasteiger partial charge in [-0.1, -0.05) is 18.2 Å². The van der Waals surface area contributed by atoms with E-state index in [-0.39, 0.29) is 0 Å². The van der Waals surface area contributed by atoms with Crippen molar-refractivity contribution < 1.29 is 13.2 Å². The van der Waals surface area contributed by atoms with Crippen molar-refractivity contribution in [1.82, 2.24) is 4.98 Å². The average molecular weight is 307 g/mol. The predicted octanol–water partition coefficient (Wildman–Crippen LogP) is 2.07. The SMILES string of the molecule is COc1ccc(CNc2ccccc2NS(C)(=O)=O)cn1. The molecule has 21 heavy (non-hydrogen) atoms. The van der Waals surface area contributed by atoms with Crippen molar-refractivity contribution >= 4 is 21.4 Å². The Labute approximate surface area is 124 Å². The van der Waals surface area contributed by atoms with Crippen LogP contribution < -0.4 is 14.8 Å². The molecule has 0 saturated heterocycles. The summed E-state index contributed by atoms with van der Waals surface area (Å²) in [5.74, 6) is 0.554. The van der Waals surface area contributed by atoms with Crippen molar-refractivity contribution in [3.8, 4) is 5.88 Å². The molecule has 1 heterocycles. The number of hydrogen-bond donors (Lipinski definition) is 2. The van der Waals surface area contributed by atoms with E-state index >= 15 is 0 Å². The van der Waals surface area contributed by atoms with E-state index in [2.05, 4.69) is 15.0 Å². The maximum atomic E-state index is 11.3. The van der Waals surface area contributed by atoms with E-state index in [4.69, 9.17) is 4.74 Å². The van der Waals surface area contributed by atoms with E-state index in [1.807, 2.05) is 18.2 Å². The molecule has 0 unspecified atom stereocenters.